The topological polar surface area (TPSA) is 98.7 Å². The largest absolute Gasteiger partial charge is 0.416 e. The van der Waals surface area contributed by atoms with Gasteiger partial charge in [0.15, 0.2) is 0 Å². The van der Waals surface area contributed by atoms with Gasteiger partial charge in [-0.25, -0.2) is 0 Å². The molecule has 7 nitrogen and oxygen atoms in total. The molecule has 3 rings (SSSR count). The van der Waals surface area contributed by atoms with Gasteiger partial charge < -0.3 is 20.6 Å². The van der Waals surface area contributed by atoms with Crippen molar-refractivity contribution >= 4 is 29.1 Å². The van der Waals surface area contributed by atoms with Crippen molar-refractivity contribution in [1.82, 2.24) is 5.32 Å². The Bertz CT molecular complexity index is 977. The maximum Gasteiger partial charge on any atom is 0.416 e. The summed E-state index contributed by atoms with van der Waals surface area (Å²) in [6.45, 7) is 0.221. The summed E-state index contributed by atoms with van der Waals surface area (Å²) in [6, 6.07) is 10.4. The van der Waals surface area contributed by atoms with Gasteiger partial charge >= 0.3 is 18.0 Å². The molecule has 31 heavy (non-hydrogen) atoms. The van der Waals surface area contributed by atoms with Crippen LogP contribution in [-0.4, -0.2) is 35.9 Å². The van der Waals surface area contributed by atoms with Gasteiger partial charge in [-0.3, -0.25) is 14.4 Å². The van der Waals surface area contributed by atoms with Crippen molar-refractivity contribution in [2.24, 2.45) is 0 Å². The SMILES string of the molecule is O=C(NC[C@H](O)c1ccc(C(F)(F)F)cc1)C(=O)Nc1cccc(N2CCCC2=O)c1. The zero-order chi connectivity index (χ0) is 22.6. The first-order valence-electron chi connectivity index (χ1n) is 9.50. The third-order valence-electron chi connectivity index (χ3n) is 4.77. The van der Waals surface area contributed by atoms with Crippen LogP contribution in [-0.2, 0) is 20.6 Å². The normalized spacial score (nSPS) is 15.0. The second-order valence-corrected chi connectivity index (χ2v) is 7.00. The molecule has 1 fully saturated rings. The molecule has 0 aliphatic carbocycles. The summed E-state index contributed by atoms with van der Waals surface area (Å²) in [6.07, 6.45) is -4.57. The lowest BCUT2D eigenvalue weighted by Gasteiger charge is -2.17. The van der Waals surface area contributed by atoms with Crippen LogP contribution in [0.15, 0.2) is 48.5 Å². The maximum atomic E-state index is 12.6. The van der Waals surface area contributed by atoms with Gasteiger partial charge in [0.25, 0.3) is 0 Å². The fourth-order valence-electron chi connectivity index (χ4n) is 3.14. The fraction of sp³-hybridized carbons (Fsp3) is 0.286. The van der Waals surface area contributed by atoms with Gasteiger partial charge in [0, 0.05) is 30.9 Å². The van der Waals surface area contributed by atoms with Crippen LogP contribution in [0.5, 0.6) is 0 Å². The number of nitrogens with one attached hydrogen (secondary N) is 2. The molecule has 1 saturated heterocycles. The van der Waals surface area contributed by atoms with Gasteiger partial charge in [-0.1, -0.05) is 18.2 Å². The third-order valence-corrected chi connectivity index (χ3v) is 4.77. The Balaban J connectivity index is 1.54. The first-order chi connectivity index (χ1) is 14.6. The number of alkyl halides is 3. The molecule has 1 atom stereocenters. The van der Waals surface area contributed by atoms with E-state index in [0.717, 1.165) is 30.7 Å². The molecule has 2 aromatic carbocycles. The smallest absolute Gasteiger partial charge is 0.387 e. The molecule has 1 aliphatic heterocycles. The van der Waals surface area contributed by atoms with Crippen LogP contribution in [0.1, 0.15) is 30.1 Å². The number of aliphatic hydroxyl groups excluding tert-OH is 1. The van der Waals surface area contributed by atoms with Crippen molar-refractivity contribution < 1.29 is 32.7 Å². The number of amides is 3. The van der Waals surface area contributed by atoms with E-state index in [9.17, 15) is 32.7 Å². The van der Waals surface area contributed by atoms with E-state index in [0.29, 0.717) is 24.3 Å². The zero-order valence-electron chi connectivity index (χ0n) is 16.3. The Labute approximate surface area is 175 Å². The number of anilines is 2. The van der Waals surface area contributed by atoms with E-state index >= 15 is 0 Å². The molecule has 1 heterocycles. The van der Waals surface area contributed by atoms with Crippen LogP contribution < -0.4 is 15.5 Å². The first-order valence-corrected chi connectivity index (χ1v) is 9.50. The lowest BCUT2D eigenvalue weighted by atomic mass is 10.1. The molecule has 0 unspecified atom stereocenters. The number of carbonyl (C=O) groups excluding carboxylic acids is 3. The van der Waals surface area contributed by atoms with Crippen molar-refractivity contribution in [3.63, 3.8) is 0 Å². The minimum absolute atomic E-state index is 0.0153. The van der Waals surface area contributed by atoms with E-state index in [1.165, 1.54) is 0 Å². The molecule has 2 aromatic rings. The highest BCUT2D eigenvalue weighted by Gasteiger charge is 2.30. The van der Waals surface area contributed by atoms with Crippen LogP contribution in [0.25, 0.3) is 0 Å². The summed E-state index contributed by atoms with van der Waals surface area (Å²) in [4.78, 5) is 37.6. The maximum absolute atomic E-state index is 12.6. The fourth-order valence-corrected chi connectivity index (χ4v) is 3.14. The quantitative estimate of drug-likeness (QED) is 0.629. The predicted molar refractivity (Wildman–Crippen MR) is 106 cm³/mol. The van der Waals surface area contributed by atoms with E-state index in [1.807, 2.05) is 0 Å². The summed E-state index contributed by atoms with van der Waals surface area (Å²) in [5.74, 6) is -2.02. The molecule has 3 amide bonds. The Morgan fingerprint density at radius 3 is 2.42 bits per heavy atom. The van der Waals surface area contributed by atoms with Gasteiger partial charge in [0.2, 0.25) is 5.91 Å². The van der Waals surface area contributed by atoms with Gasteiger partial charge in [-0.2, -0.15) is 13.2 Å². The minimum Gasteiger partial charge on any atom is -0.387 e. The molecule has 0 radical (unpaired) electrons. The van der Waals surface area contributed by atoms with Crippen LogP contribution in [0.2, 0.25) is 0 Å². The number of benzene rings is 2. The monoisotopic (exact) mass is 435 g/mol. The van der Waals surface area contributed by atoms with Crippen LogP contribution >= 0.6 is 0 Å². The third kappa shape index (κ3) is 5.60. The van der Waals surface area contributed by atoms with Gasteiger partial charge in [0.1, 0.15) is 0 Å². The average molecular weight is 435 g/mol. The highest BCUT2D eigenvalue weighted by atomic mass is 19.4. The second kappa shape index (κ2) is 9.17. The molecule has 164 valence electrons. The Kier molecular flexibility index (Phi) is 6.59. The summed E-state index contributed by atoms with van der Waals surface area (Å²) in [5, 5.41) is 14.7. The summed E-state index contributed by atoms with van der Waals surface area (Å²) in [7, 11) is 0. The highest BCUT2D eigenvalue weighted by molar-refractivity contribution is 6.39. The van der Waals surface area contributed by atoms with Crippen molar-refractivity contribution in [2.75, 3.05) is 23.3 Å². The Morgan fingerprint density at radius 2 is 1.81 bits per heavy atom. The molecule has 0 aromatic heterocycles. The lowest BCUT2D eigenvalue weighted by molar-refractivity contribution is -0.137. The zero-order valence-corrected chi connectivity index (χ0v) is 16.3. The molecule has 10 heteroatoms. The first kappa shape index (κ1) is 22.3. The number of hydrogen-bond donors (Lipinski definition) is 3. The summed E-state index contributed by atoms with van der Waals surface area (Å²) < 4.78 is 37.8. The van der Waals surface area contributed by atoms with E-state index in [2.05, 4.69) is 10.6 Å². The standard InChI is InChI=1S/C21H20F3N3O4/c22-21(23,24)14-8-6-13(7-9-14)17(28)12-25-19(30)20(31)26-15-3-1-4-16(11-15)27-10-2-5-18(27)29/h1,3-4,6-9,11,17,28H,2,5,10,12H2,(H,25,30)(H,26,31)/t17-/m0/s1. The van der Waals surface area contributed by atoms with E-state index < -0.39 is 29.7 Å². The molecule has 1 aliphatic rings. The van der Waals surface area contributed by atoms with Crippen LogP contribution in [0, 0.1) is 0 Å². The summed E-state index contributed by atoms with van der Waals surface area (Å²) in [5.41, 5.74) is 0.237. The average Bonchev–Trinajstić information content (AvgIpc) is 3.17. The predicted octanol–water partition coefficient (Wildman–Crippen LogP) is 2.62. The molecular formula is C21H20F3N3O4. The van der Waals surface area contributed by atoms with Crippen molar-refractivity contribution in [3.05, 3.63) is 59.7 Å². The lowest BCUT2D eigenvalue weighted by Crippen LogP contribution is -2.37. The number of rotatable bonds is 5. The number of hydrogen-bond acceptors (Lipinski definition) is 4. The number of carbonyl (C=O) groups is 3. The van der Waals surface area contributed by atoms with Crippen LogP contribution in [0.4, 0.5) is 24.5 Å². The van der Waals surface area contributed by atoms with Gasteiger partial charge in [-0.05, 0) is 42.3 Å². The summed E-state index contributed by atoms with van der Waals surface area (Å²) >= 11 is 0. The van der Waals surface area contributed by atoms with Crippen molar-refractivity contribution in [2.45, 2.75) is 25.1 Å². The minimum atomic E-state index is -4.49. The Hall–Kier alpha value is -3.40. The van der Waals surface area contributed by atoms with E-state index in [1.54, 1.807) is 29.2 Å². The highest BCUT2D eigenvalue weighted by Crippen LogP contribution is 2.30. The van der Waals surface area contributed by atoms with Gasteiger partial charge in [0.05, 0.1) is 11.7 Å². The van der Waals surface area contributed by atoms with Crippen molar-refractivity contribution in [1.29, 1.82) is 0 Å². The number of aliphatic hydroxyl groups is 1. The van der Waals surface area contributed by atoms with E-state index in [4.69, 9.17) is 0 Å². The van der Waals surface area contributed by atoms with E-state index in [-0.39, 0.29) is 18.0 Å². The van der Waals surface area contributed by atoms with Crippen LogP contribution in [0.3, 0.4) is 0 Å². The molecule has 3 N–H and O–H groups in total. The Morgan fingerprint density at radius 1 is 1.10 bits per heavy atom. The number of halogens is 3. The molecular weight excluding hydrogens is 415 g/mol. The molecule has 0 bridgehead atoms. The second-order valence-electron chi connectivity index (χ2n) is 7.00. The van der Waals surface area contributed by atoms with Crippen molar-refractivity contribution in [3.8, 4) is 0 Å². The molecule has 0 saturated carbocycles. The number of nitrogens with zero attached hydrogens (tertiary/aromatic N) is 1. The van der Waals surface area contributed by atoms with Gasteiger partial charge in [-0.15, -0.1) is 0 Å². The molecule has 0 spiro atoms.